The lowest BCUT2D eigenvalue weighted by atomic mass is 9.31. The van der Waals surface area contributed by atoms with Crippen molar-refractivity contribution in [1.82, 2.24) is 0 Å². The zero-order valence-electron chi connectivity index (χ0n) is 11.6. The van der Waals surface area contributed by atoms with Gasteiger partial charge in [-0.25, -0.2) is 0 Å². The van der Waals surface area contributed by atoms with Crippen molar-refractivity contribution >= 4 is 21.6 Å². The fourth-order valence-electron chi connectivity index (χ4n) is 4.37. The maximum absolute atomic E-state index is 3.76. The van der Waals surface area contributed by atoms with Crippen molar-refractivity contribution in [3.8, 4) is 0 Å². The van der Waals surface area contributed by atoms with Crippen LogP contribution < -0.4 is 5.32 Å². The van der Waals surface area contributed by atoms with E-state index in [4.69, 9.17) is 0 Å². The van der Waals surface area contributed by atoms with Crippen LogP contribution in [0.4, 0.5) is 5.69 Å². The van der Waals surface area contributed by atoms with E-state index < -0.39 is 0 Å². The van der Waals surface area contributed by atoms with E-state index in [-0.39, 0.29) is 0 Å². The number of benzene rings is 2. The highest BCUT2D eigenvalue weighted by Crippen LogP contribution is 2.73. The molecule has 2 bridgehead atoms. The molecule has 0 aliphatic heterocycles. The lowest BCUT2D eigenvalue weighted by Crippen LogP contribution is -2.78. The summed E-state index contributed by atoms with van der Waals surface area (Å²) < 4.78 is 1.13. The number of halogens is 1. The monoisotopic (exact) mass is 327 g/mol. The molecule has 0 heterocycles. The van der Waals surface area contributed by atoms with E-state index >= 15 is 0 Å². The average molecular weight is 328 g/mol. The van der Waals surface area contributed by atoms with Crippen molar-refractivity contribution in [2.45, 2.75) is 31.2 Å². The number of hydrogen-bond acceptors (Lipinski definition) is 1. The molecule has 5 rings (SSSR count). The highest BCUT2D eigenvalue weighted by atomic mass is 79.9. The third-order valence-electron chi connectivity index (χ3n) is 5.19. The van der Waals surface area contributed by atoms with Crippen LogP contribution in [0.1, 0.15) is 25.3 Å². The maximum Gasteiger partial charge on any atom is 0.0412 e. The summed E-state index contributed by atoms with van der Waals surface area (Å²) >= 11 is 3.49. The Balaban J connectivity index is 1.61. The lowest BCUT2D eigenvalue weighted by molar-refractivity contribution is -0.143. The van der Waals surface area contributed by atoms with Gasteiger partial charge in [0.15, 0.2) is 0 Å². The molecule has 0 saturated heterocycles. The van der Waals surface area contributed by atoms with E-state index in [1.807, 2.05) is 0 Å². The van der Waals surface area contributed by atoms with Gasteiger partial charge in [0.05, 0.1) is 0 Å². The van der Waals surface area contributed by atoms with E-state index in [1.54, 1.807) is 0 Å². The van der Waals surface area contributed by atoms with Crippen LogP contribution in [0.2, 0.25) is 0 Å². The molecular formula is C18H18BrN. The number of hydrogen-bond donors (Lipinski definition) is 1. The van der Waals surface area contributed by atoms with Crippen LogP contribution >= 0.6 is 15.9 Å². The number of nitrogens with one attached hydrogen (secondary N) is 1. The summed E-state index contributed by atoms with van der Waals surface area (Å²) in [5.74, 6) is 0. The van der Waals surface area contributed by atoms with E-state index in [9.17, 15) is 0 Å². The summed E-state index contributed by atoms with van der Waals surface area (Å²) in [5, 5.41) is 3.76. The second-order valence-electron chi connectivity index (χ2n) is 6.61. The molecule has 20 heavy (non-hydrogen) atoms. The van der Waals surface area contributed by atoms with Gasteiger partial charge in [0.25, 0.3) is 0 Å². The van der Waals surface area contributed by atoms with Crippen molar-refractivity contribution < 1.29 is 0 Å². The average Bonchev–Trinajstić information content (AvgIpc) is 2.45. The first kappa shape index (κ1) is 12.5. The summed E-state index contributed by atoms with van der Waals surface area (Å²) in [6, 6.07) is 20.1. The molecule has 1 nitrogen and oxygen atoms in total. The van der Waals surface area contributed by atoms with Crippen LogP contribution in [0.3, 0.4) is 0 Å². The van der Waals surface area contributed by atoms with Crippen molar-refractivity contribution in [2.75, 3.05) is 5.32 Å². The van der Waals surface area contributed by atoms with Gasteiger partial charge in [0.2, 0.25) is 0 Å². The normalized spacial score (nSPS) is 34.0. The van der Waals surface area contributed by atoms with Crippen LogP contribution in [0.15, 0.2) is 59.1 Å². The second kappa shape index (κ2) is 4.11. The minimum atomic E-state index is 0.364. The molecule has 0 spiro atoms. The molecule has 1 atom stereocenters. The van der Waals surface area contributed by atoms with Crippen molar-refractivity contribution in [3.05, 3.63) is 64.6 Å². The van der Waals surface area contributed by atoms with Crippen LogP contribution in [0, 0.1) is 5.41 Å². The van der Waals surface area contributed by atoms with Crippen molar-refractivity contribution in [1.29, 1.82) is 0 Å². The fraction of sp³-hybridized carbons (Fsp3) is 0.333. The molecule has 1 unspecified atom stereocenters. The Morgan fingerprint density at radius 3 is 2.25 bits per heavy atom. The topological polar surface area (TPSA) is 12.0 Å². The highest BCUT2D eigenvalue weighted by Gasteiger charge is 2.73. The molecule has 3 aliphatic rings. The first-order valence-corrected chi connectivity index (χ1v) is 7.99. The first-order valence-electron chi connectivity index (χ1n) is 7.20. The summed E-state index contributed by atoms with van der Waals surface area (Å²) in [7, 11) is 0. The largest absolute Gasteiger partial charge is 0.381 e. The molecule has 2 aromatic rings. The molecule has 0 aromatic heterocycles. The summed E-state index contributed by atoms with van der Waals surface area (Å²) in [4.78, 5) is 0. The third kappa shape index (κ3) is 1.61. The lowest BCUT2D eigenvalue weighted by Gasteiger charge is -2.76. The predicted octanol–water partition coefficient (Wildman–Crippen LogP) is 4.98. The Labute approximate surface area is 128 Å². The van der Waals surface area contributed by atoms with Crippen LogP contribution in [0.5, 0.6) is 0 Å². The second-order valence-corrected chi connectivity index (χ2v) is 7.53. The van der Waals surface area contributed by atoms with E-state index in [0.717, 1.165) is 4.47 Å². The zero-order valence-corrected chi connectivity index (χ0v) is 13.2. The molecular weight excluding hydrogens is 310 g/mol. The molecule has 0 amide bonds. The Kier molecular flexibility index (Phi) is 2.56. The van der Waals surface area contributed by atoms with Crippen molar-refractivity contribution in [3.63, 3.8) is 0 Å². The van der Waals surface area contributed by atoms with Gasteiger partial charge in [0, 0.05) is 21.6 Å². The van der Waals surface area contributed by atoms with Crippen molar-refractivity contribution in [2.24, 2.45) is 5.41 Å². The SMILES string of the molecule is CC12CC(c3ccccc3)(C1)C2Nc1ccc(Br)cc1. The number of anilines is 1. The van der Waals surface area contributed by atoms with Gasteiger partial charge in [0.1, 0.15) is 0 Å². The van der Waals surface area contributed by atoms with Crippen LogP contribution in [-0.2, 0) is 5.41 Å². The van der Waals surface area contributed by atoms with Gasteiger partial charge < -0.3 is 5.32 Å². The Hall–Kier alpha value is -1.28. The molecule has 3 aliphatic carbocycles. The van der Waals surface area contributed by atoms with Gasteiger partial charge in [-0.1, -0.05) is 53.2 Å². The van der Waals surface area contributed by atoms with Gasteiger partial charge in [-0.3, -0.25) is 0 Å². The number of rotatable bonds is 3. The summed E-state index contributed by atoms with van der Waals surface area (Å²) in [6.07, 6.45) is 2.64. The minimum absolute atomic E-state index is 0.364. The molecule has 3 fully saturated rings. The van der Waals surface area contributed by atoms with Crippen LogP contribution in [-0.4, -0.2) is 6.04 Å². The Bertz CT molecular complexity index is 626. The summed E-state index contributed by atoms with van der Waals surface area (Å²) in [5.41, 5.74) is 3.56. The Morgan fingerprint density at radius 1 is 1.00 bits per heavy atom. The fourth-order valence-corrected chi connectivity index (χ4v) is 4.63. The molecule has 102 valence electrons. The molecule has 2 aromatic carbocycles. The minimum Gasteiger partial charge on any atom is -0.381 e. The molecule has 0 radical (unpaired) electrons. The van der Waals surface area contributed by atoms with Gasteiger partial charge in [-0.15, -0.1) is 0 Å². The van der Waals surface area contributed by atoms with Gasteiger partial charge in [-0.05, 0) is 48.1 Å². The predicted molar refractivity (Wildman–Crippen MR) is 87.0 cm³/mol. The quantitative estimate of drug-likeness (QED) is 0.838. The molecule has 2 heteroatoms. The van der Waals surface area contributed by atoms with E-state index in [1.165, 1.54) is 24.1 Å². The maximum atomic E-state index is 3.76. The Morgan fingerprint density at radius 2 is 1.65 bits per heavy atom. The van der Waals surface area contributed by atoms with Gasteiger partial charge >= 0.3 is 0 Å². The summed E-state index contributed by atoms with van der Waals surface area (Å²) in [6.45, 7) is 2.41. The molecule has 1 N–H and O–H groups in total. The standard InChI is InChI=1S/C18H18BrN/c1-17-11-18(12-17,13-5-3-2-4-6-13)16(17)20-15-9-7-14(19)8-10-15/h2-10,16,20H,11-12H2,1H3. The molecule has 3 saturated carbocycles. The highest BCUT2D eigenvalue weighted by molar-refractivity contribution is 9.10. The third-order valence-corrected chi connectivity index (χ3v) is 5.72. The smallest absolute Gasteiger partial charge is 0.0412 e. The van der Waals surface area contributed by atoms with Gasteiger partial charge in [-0.2, -0.15) is 0 Å². The zero-order chi connectivity index (χ0) is 13.8. The first-order chi connectivity index (χ1) is 9.62. The van der Waals surface area contributed by atoms with Crippen LogP contribution in [0.25, 0.3) is 0 Å². The van der Waals surface area contributed by atoms with E-state index in [2.05, 4.69) is 82.8 Å². The van der Waals surface area contributed by atoms with E-state index in [0.29, 0.717) is 16.9 Å².